The normalized spacial score (nSPS) is 10.7. The van der Waals surface area contributed by atoms with Crippen LogP contribution in [0, 0.1) is 6.92 Å². The Balaban J connectivity index is 1.93. The fourth-order valence-corrected chi connectivity index (χ4v) is 3.19. The molecule has 0 saturated heterocycles. The third-order valence-electron chi connectivity index (χ3n) is 4.91. The molecule has 0 aliphatic rings. The highest BCUT2D eigenvalue weighted by Gasteiger charge is 2.17. The number of amides is 1. The Labute approximate surface area is 180 Å². The zero-order valence-corrected chi connectivity index (χ0v) is 17.6. The van der Waals surface area contributed by atoms with Crippen LogP contribution in [0.15, 0.2) is 47.4 Å². The highest BCUT2D eigenvalue weighted by atomic mass is 16.3. The SMILES string of the molecule is CNC(=O)Cc1cc(N)c(-n2c(CO)cnc(NCCc3ccccc3)c2=O)nc1C. The number of carbonyl (C=O) groups is 1. The molecule has 9 nitrogen and oxygen atoms in total. The minimum atomic E-state index is -0.461. The van der Waals surface area contributed by atoms with Gasteiger partial charge in [-0.05, 0) is 30.5 Å². The Morgan fingerprint density at radius 2 is 2.00 bits per heavy atom. The molecular formula is C22H26N6O3. The summed E-state index contributed by atoms with van der Waals surface area (Å²) < 4.78 is 1.25. The maximum absolute atomic E-state index is 13.1. The van der Waals surface area contributed by atoms with Crippen molar-refractivity contribution >= 4 is 17.4 Å². The molecule has 0 saturated carbocycles. The first-order chi connectivity index (χ1) is 14.9. The maximum Gasteiger partial charge on any atom is 0.299 e. The molecule has 0 atom stereocenters. The number of nitrogens with two attached hydrogens (primary N) is 1. The molecule has 2 aromatic heterocycles. The lowest BCUT2D eigenvalue weighted by Gasteiger charge is -2.16. The zero-order valence-electron chi connectivity index (χ0n) is 17.6. The van der Waals surface area contributed by atoms with Gasteiger partial charge in [0, 0.05) is 19.3 Å². The van der Waals surface area contributed by atoms with Gasteiger partial charge in [-0.25, -0.2) is 9.97 Å². The second-order valence-corrected chi connectivity index (χ2v) is 7.05. The molecule has 2 heterocycles. The highest BCUT2D eigenvalue weighted by Crippen LogP contribution is 2.20. The smallest absolute Gasteiger partial charge is 0.299 e. The number of aliphatic hydroxyl groups excluding tert-OH is 1. The number of aryl methyl sites for hydroxylation is 1. The van der Waals surface area contributed by atoms with Gasteiger partial charge in [-0.15, -0.1) is 0 Å². The largest absolute Gasteiger partial charge is 0.396 e. The summed E-state index contributed by atoms with van der Waals surface area (Å²) in [6.45, 7) is 1.84. The number of aliphatic hydroxyl groups is 1. The molecule has 0 aliphatic heterocycles. The molecule has 31 heavy (non-hydrogen) atoms. The molecule has 3 aromatic rings. The fourth-order valence-electron chi connectivity index (χ4n) is 3.19. The standard InChI is InChI=1S/C22H26N6O3/c1-14-16(11-19(30)24-2)10-18(23)21(27-14)28-17(13-29)12-26-20(22(28)31)25-9-8-15-6-4-3-5-7-15/h3-7,10,12,29H,8-9,11,13,23H2,1-2H3,(H,24,30)(H,25,26). The first kappa shape index (κ1) is 22.0. The van der Waals surface area contributed by atoms with E-state index >= 15 is 0 Å². The van der Waals surface area contributed by atoms with Gasteiger partial charge in [-0.1, -0.05) is 30.3 Å². The van der Waals surface area contributed by atoms with Gasteiger partial charge in [-0.2, -0.15) is 0 Å². The van der Waals surface area contributed by atoms with Crippen LogP contribution in [0.25, 0.3) is 5.82 Å². The van der Waals surface area contributed by atoms with Crippen LogP contribution < -0.4 is 21.9 Å². The van der Waals surface area contributed by atoms with Crippen LogP contribution >= 0.6 is 0 Å². The van der Waals surface area contributed by atoms with Gasteiger partial charge >= 0.3 is 0 Å². The van der Waals surface area contributed by atoms with Crippen LogP contribution in [-0.2, 0) is 24.2 Å². The maximum atomic E-state index is 13.1. The Morgan fingerprint density at radius 3 is 2.68 bits per heavy atom. The summed E-state index contributed by atoms with van der Waals surface area (Å²) in [5.74, 6) is 0.168. The average Bonchev–Trinajstić information content (AvgIpc) is 2.77. The van der Waals surface area contributed by atoms with E-state index in [1.54, 1.807) is 20.0 Å². The Kier molecular flexibility index (Phi) is 6.99. The van der Waals surface area contributed by atoms with Gasteiger partial charge in [-0.3, -0.25) is 14.2 Å². The van der Waals surface area contributed by atoms with Crippen LogP contribution in [0.3, 0.4) is 0 Å². The number of aromatic nitrogens is 3. The highest BCUT2D eigenvalue weighted by molar-refractivity contribution is 5.79. The van der Waals surface area contributed by atoms with Crippen molar-refractivity contribution in [2.75, 3.05) is 24.6 Å². The molecule has 0 aliphatic carbocycles. The number of nitrogens with zero attached hydrogens (tertiary/aromatic N) is 3. The predicted octanol–water partition coefficient (Wildman–Crippen LogP) is 0.954. The number of benzene rings is 1. The van der Waals surface area contributed by atoms with E-state index in [4.69, 9.17) is 5.73 Å². The summed E-state index contributed by atoms with van der Waals surface area (Å²) >= 11 is 0. The van der Waals surface area contributed by atoms with Gasteiger partial charge in [0.25, 0.3) is 5.56 Å². The van der Waals surface area contributed by atoms with Crippen LogP contribution in [0.1, 0.15) is 22.5 Å². The second kappa shape index (κ2) is 9.86. The van der Waals surface area contributed by atoms with Gasteiger partial charge in [0.05, 0.1) is 30.6 Å². The van der Waals surface area contributed by atoms with E-state index in [9.17, 15) is 14.7 Å². The van der Waals surface area contributed by atoms with E-state index < -0.39 is 12.2 Å². The third kappa shape index (κ3) is 5.07. The van der Waals surface area contributed by atoms with Gasteiger partial charge in [0.1, 0.15) is 0 Å². The van der Waals surface area contributed by atoms with E-state index in [1.807, 2.05) is 30.3 Å². The summed E-state index contributed by atoms with van der Waals surface area (Å²) in [7, 11) is 1.55. The van der Waals surface area contributed by atoms with Crippen LogP contribution in [0.5, 0.6) is 0 Å². The number of nitrogen functional groups attached to an aromatic ring is 1. The molecule has 0 unspecified atom stereocenters. The minimum absolute atomic E-state index is 0.129. The first-order valence-electron chi connectivity index (χ1n) is 9.91. The lowest BCUT2D eigenvalue weighted by Crippen LogP contribution is -2.29. The van der Waals surface area contributed by atoms with Crippen LogP contribution in [0.2, 0.25) is 0 Å². The van der Waals surface area contributed by atoms with Crippen molar-refractivity contribution in [2.24, 2.45) is 0 Å². The van der Waals surface area contributed by atoms with Crippen molar-refractivity contribution in [2.45, 2.75) is 26.4 Å². The quantitative estimate of drug-likeness (QED) is 0.424. The van der Waals surface area contributed by atoms with Crippen molar-refractivity contribution < 1.29 is 9.90 Å². The molecule has 0 fully saturated rings. The third-order valence-corrected chi connectivity index (χ3v) is 4.91. The summed E-state index contributed by atoms with van der Waals surface area (Å²) in [6.07, 6.45) is 2.27. The monoisotopic (exact) mass is 422 g/mol. The van der Waals surface area contributed by atoms with Crippen LogP contribution in [-0.4, -0.2) is 39.1 Å². The van der Waals surface area contributed by atoms with Gasteiger partial charge < -0.3 is 21.5 Å². The number of anilines is 2. The Hall–Kier alpha value is -3.72. The summed E-state index contributed by atoms with van der Waals surface area (Å²) in [4.78, 5) is 33.5. The number of nitrogens with one attached hydrogen (secondary N) is 2. The lowest BCUT2D eigenvalue weighted by molar-refractivity contribution is -0.119. The molecule has 5 N–H and O–H groups in total. The topological polar surface area (TPSA) is 135 Å². The second-order valence-electron chi connectivity index (χ2n) is 7.05. The van der Waals surface area contributed by atoms with E-state index in [2.05, 4.69) is 20.6 Å². The van der Waals surface area contributed by atoms with Crippen LogP contribution in [0.4, 0.5) is 11.5 Å². The van der Waals surface area contributed by atoms with Crippen molar-refractivity contribution in [3.05, 3.63) is 75.5 Å². The molecule has 0 radical (unpaired) electrons. The number of hydrogen-bond donors (Lipinski definition) is 4. The summed E-state index contributed by atoms with van der Waals surface area (Å²) in [5.41, 5.74) is 8.57. The average molecular weight is 422 g/mol. The fraction of sp³-hybridized carbons (Fsp3) is 0.273. The van der Waals surface area contributed by atoms with E-state index in [1.165, 1.54) is 10.8 Å². The van der Waals surface area contributed by atoms with Gasteiger partial charge in [0.15, 0.2) is 11.6 Å². The van der Waals surface area contributed by atoms with Crippen molar-refractivity contribution in [3.8, 4) is 5.82 Å². The molecule has 3 rings (SSSR count). The first-order valence-corrected chi connectivity index (χ1v) is 9.91. The molecule has 9 heteroatoms. The molecular weight excluding hydrogens is 396 g/mol. The minimum Gasteiger partial charge on any atom is -0.396 e. The molecule has 0 bridgehead atoms. The zero-order chi connectivity index (χ0) is 22.4. The molecule has 0 spiro atoms. The summed E-state index contributed by atoms with van der Waals surface area (Å²) in [5, 5.41) is 15.4. The Bertz CT molecular complexity index is 1130. The van der Waals surface area contributed by atoms with Crippen molar-refractivity contribution in [1.82, 2.24) is 19.9 Å². The van der Waals surface area contributed by atoms with Gasteiger partial charge in [0.2, 0.25) is 5.91 Å². The molecule has 162 valence electrons. The number of hydrogen-bond acceptors (Lipinski definition) is 7. The van der Waals surface area contributed by atoms with E-state index in [0.29, 0.717) is 17.8 Å². The number of rotatable bonds is 8. The number of pyridine rings is 1. The lowest BCUT2D eigenvalue weighted by atomic mass is 10.1. The predicted molar refractivity (Wildman–Crippen MR) is 119 cm³/mol. The molecule has 1 aromatic carbocycles. The number of likely N-dealkylation sites (N-methyl/N-ethyl adjacent to an activating group) is 1. The van der Waals surface area contributed by atoms with E-state index in [0.717, 1.165) is 12.0 Å². The molecule has 1 amide bonds. The summed E-state index contributed by atoms with van der Waals surface area (Å²) in [6, 6.07) is 11.5. The van der Waals surface area contributed by atoms with E-state index in [-0.39, 0.29) is 35.3 Å². The Morgan fingerprint density at radius 1 is 1.26 bits per heavy atom. The van der Waals surface area contributed by atoms with Crippen molar-refractivity contribution in [1.29, 1.82) is 0 Å². The van der Waals surface area contributed by atoms with Crippen molar-refractivity contribution in [3.63, 3.8) is 0 Å². The number of carbonyl (C=O) groups excluding carboxylic acids is 1.